The van der Waals surface area contributed by atoms with Gasteiger partial charge in [0.15, 0.2) is 0 Å². The van der Waals surface area contributed by atoms with Crippen LogP contribution in [0.5, 0.6) is 0 Å². The van der Waals surface area contributed by atoms with Crippen LogP contribution >= 0.6 is 0 Å². The van der Waals surface area contributed by atoms with E-state index in [1.165, 1.54) is 0 Å². The monoisotopic (exact) mass is 221 g/mol. The van der Waals surface area contributed by atoms with E-state index in [0.29, 0.717) is 0 Å². The van der Waals surface area contributed by atoms with Crippen molar-refractivity contribution in [2.45, 2.75) is 39.8 Å². The molecule has 1 unspecified atom stereocenters. The Morgan fingerprint density at radius 2 is 2.06 bits per heavy atom. The molecular formula is C12H19N3O. The van der Waals surface area contributed by atoms with Gasteiger partial charge in [0.05, 0.1) is 0 Å². The fraction of sp³-hybridized carbons (Fsp3) is 0.500. The molecule has 0 saturated carbocycles. The van der Waals surface area contributed by atoms with Crippen LogP contribution in [0.15, 0.2) is 18.5 Å². The number of pyridine rings is 1. The number of aromatic nitrogens is 1. The van der Waals surface area contributed by atoms with Gasteiger partial charge in [-0.05, 0) is 39.3 Å². The summed E-state index contributed by atoms with van der Waals surface area (Å²) in [6, 6.07) is 1.79. The fourth-order valence-electron chi connectivity index (χ4n) is 1.34. The average Bonchev–Trinajstić information content (AvgIpc) is 2.20. The normalized spacial score (nSPS) is 12.3. The molecule has 0 aliphatic carbocycles. The summed E-state index contributed by atoms with van der Waals surface area (Å²) in [6.45, 7) is 7.70. The van der Waals surface area contributed by atoms with Gasteiger partial charge in [0, 0.05) is 24.1 Å². The second-order valence-corrected chi connectivity index (χ2v) is 4.22. The summed E-state index contributed by atoms with van der Waals surface area (Å²) >= 11 is 0. The SMILES string of the molecule is Cc1cnccc1NC(C)C(=O)NC(C)C. The van der Waals surface area contributed by atoms with Crippen molar-refractivity contribution in [3.05, 3.63) is 24.0 Å². The topological polar surface area (TPSA) is 54.0 Å². The van der Waals surface area contributed by atoms with Crippen molar-refractivity contribution in [1.82, 2.24) is 10.3 Å². The smallest absolute Gasteiger partial charge is 0.242 e. The lowest BCUT2D eigenvalue weighted by Gasteiger charge is -2.17. The zero-order valence-electron chi connectivity index (χ0n) is 10.2. The Labute approximate surface area is 96.5 Å². The predicted molar refractivity (Wildman–Crippen MR) is 65.3 cm³/mol. The molecule has 2 N–H and O–H groups in total. The van der Waals surface area contributed by atoms with Crippen molar-refractivity contribution in [2.24, 2.45) is 0 Å². The number of carbonyl (C=O) groups is 1. The largest absolute Gasteiger partial charge is 0.374 e. The van der Waals surface area contributed by atoms with Crippen molar-refractivity contribution in [3.8, 4) is 0 Å². The number of hydrogen-bond donors (Lipinski definition) is 2. The standard InChI is InChI=1S/C12H19N3O/c1-8(2)14-12(16)10(4)15-11-5-6-13-7-9(11)3/h5-8,10H,1-4H3,(H,13,15)(H,14,16). The third-order valence-corrected chi connectivity index (χ3v) is 2.22. The van der Waals surface area contributed by atoms with E-state index in [1.54, 1.807) is 12.4 Å². The molecule has 1 aromatic rings. The second-order valence-electron chi connectivity index (χ2n) is 4.22. The lowest BCUT2D eigenvalue weighted by Crippen LogP contribution is -2.41. The van der Waals surface area contributed by atoms with E-state index in [4.69, 9.17) is 0 Å². The van der Waals surface area contributed by atoms with E-state index in [1.807, 2.05) is 33.8 Å². The lowest BCUT2D eigenvalue weighted by molar-refractivity contribution is -0.122. The Kier molecular flexibility index (Phi) is 4.28. The number of carbonyl (C=O) groups excluding carboxylic acids is 1. The van der Waals surface area contributed by atoms with Crippen LogP contribution in [0.25, 0.3) is 0 Å². The maximum absolute atomic E-state index is 11.7. The zero-order valence-corrected chi connectivity index (χ0v) is 10.2. The first-order valence-corrected chi connectivity index (χ1v) is 5.48. The van der Waals surface area contributed by atoms with Crippen molar-refractivity contribution in [2.75, 3.05) is 5.32 Å². The van der Waals surface area contributed by atoms with E-state index < -0.39 is 0 Å². The van der Waals surface area contributed by atoms with Crippen molar-refractivity contribution in [1.29, 1.82) is 0 Å². The van der Waals surface area contributed by atoms with Gasteiger partial charge >= 0.3 is 0 Å². The average molecular weight is 221 g/mol. The molecule has 1 amide bonds. The van der Waals surface area contributed by atoms with Crippen LogP contribution in [-0.4, -0.2) is 23.0 Å². The number of rotatable bonds is 4. The molecule has 0 aliphatic heterocycles. The second kappa shape index (κ2) is 5.49. The van der Waals surface area contributed by atoms with Crippen molar-refractivity contribution < 1.29 is 4.79 Å². The summed E-state index contributed by atoms with van der Waals surface area (Å²) < 4.78 is 0. The van der Waals surface area contributed by atoms with Gasteiger partial charge in [-0.3, -0.25) is 9.78 Å². The summed E-state index contributed by atoms with van der Waals surface area (Å²) in [5.74, 6) is 0.00575. The van der Waals surface area contributed by atoms with Crippen LogP contribution in [0.1, 0.15) is 26.3 Å². The summed E-state index contributed by atoms with van der Waals surface area (Å²) in [6.07, 6.45) is 3.48. The van der Waals surface area contributed by atoms with E-state index in [2.05, 4.69) is 15.6 Å². The molecule has 1 rings (SSSR count). The van der Waals surface area contributed by atoms with Gasteiger partial charge in [-0.1, -0.05) is 0 Å². The highest BCUT2D eigenvalue weighted by atomic mass is 16.2. The van der Waals surface area contributed by atoms with Gasteiger partial charge in [-0.2, -0.15) is 0 Å². The molecule has 0 spiro atoms. The highest BCUT2D eigenvalue weighted by Crippen LogP contribution is 2.12. The van der Waals surface area contributed by atoms with Crippen molar-refractivity contribution >= 4 is 11.6 Å². The van der Waals surface area contributed by atoms with E-state index in [9.17, 15) is 4.79 Å². The Morgan fingerprint density at radius 3 is 2.62 bits per heavy atom. The number of amides is 1. The molecule has 0 aliphatic rings. The molecule has 16 heavy (non-hydrogen) atoms. The van der Waals surface area contributed by atoms with Crippen molar-refractivity contribution in [3.63, 3.8) is 0 Å². The molecule has 1 aromatic heterocycles. The van der Waals surface area contributed by atoms with Gasteiger partial charge in [-0.15, -0.1) is 0 Å². The van der Waals surface area contributed by atoms with Crippen LogP contribution in [0, 0.1) is 6.92 Å². The van der Waals surface area contributed by atoms with E-state index in [0.717, 1.165) is 11.3 Å². The van der Waals surface area contributed by atoms with E-state index in [-0.39, 0.29) is 18.0 Å². The third kappa shape index (κ3) is 3.53. The van der Waals surface area contributed by atoms with Crippen LogP contribution in [0.4, 0.5) is 5.69 Å². The number of anilines is 1. The molecule has 1 heterocycles. The summed E-state index contributed by atoms with van der Waals surface area (Å²) in [7, 11) is 0. The minimum absolute atomic E-state index is 0.00575. The first-order chi connectivity index (χ1) is 7.50. The molecule has 0 aromatic carbocycles. The highest BCUT2D eigenvalue weighted by molar-refractivity contribution is 5.84. The first kappa shape index (κ1) is 12.5. The quantitative estimate of drug-likeness (QED) is 0.814. The Morgan fingerprint density at radius 1 is 1.38 bits per heavy atom. The number of nitrogens with zero attached hydrogens (tertiary/aromatic N) is 1. The Bertz CT molecular complexity index is 363. The van der Waals surface area contributed by atoms with Crippen LogP contribution in [0.2, 0.25) is 0 Å². The van der Waals surface area contributed by atoms with Gasteiger partial charge in [-0.25, -0.2) is 0 Å². The fourth-order valence-corrected chi connectivity index (χ4v) is 1.34. The molecule has 0 saturated heterocycles. The highest BCUT2D eigenvalue weighted by Gasteiger charge is 2.13. The molecule has 0 bridgehead atoms. The molecule has 1 atom stereocenters. The molecule has 0 radical (unpaired) electrons. The number of hydrogen-bond acceptors (Lipinski definition) is 3. The van der Waals surface area contributed by atoms with Gasteiger partial charge < -0.3 is 10.6 Å². The maximum Gasteiger partial charge on any atom is 0.242 e. The molecule has 4 heteroatoms. The lowest BCUT2D eigenvalue weighted by atomic mass is 10.2. The number of aryl methyl sites for hydroxylation is 1. The first-order valence-electron chi connectivity index (χ1n) is 5.48. The minimum Gasteiger partial charge on any atom is -0.374 e. The summed E-state index contributed by atoms with van der Waals surface area (Å²) in [4.78, 5) is 15.7. The summed E-state index contributed by atoms with van der Waals surface area (Å²) in [5.41, 5.74) is 1.98. The molecular weight excluding hydrogens is 202 g/mol. The molecule has 88 valence electrons. The van der Waals surface area contributed by atoms with E-state index >= 15 is 0 Å². The predicted octanol–water partition coefficient (Wildman–Crippen LogP) is 1.72. The zero-order chi connectivity index (χ0) is 12.1. The van der Waals surface area contributed by atoms with Crippen LogP contribution in [0.3, 0.4) is 0 Å². The minimum atomic E-state index is -0.247. The Hall–Kier alpha value is -1.58. The van der Waals surface area contributed by atoms with Gasteiger partial charge in [0.1, 0.15) is 6.04 Å². The third-order valence-electron chi connectivity index (χ3n) is 2.22. The van der Waals surface area contributed by atoms with Crippen LogP contribution < -0.4 is 10.6 Å². The van der Waals surface area contributed by atoms with Gasteiger partial charge in [0.25, 0.3) is 0 Å². The maximum atomic E-state index is 11.7. The van der Waals surface area contributed by atoms with Gasteiger partial charge in [0.2, 0.25) is 5.91 Å². The molecule has 0 fully saturated rings. The summed E-state index contributed by atoms with van der Waals surface area (Å²) in [5, 5.41) is 6.03. The number of nitrogens with one attached hydrogen (secondary N) is 2. The Balaban J connectivity index is 2.61. The molecule has 4 nitrogen and oxygen atoms in total. The van der Waals surface area contributed by atoms with Crippen LogP contribution in [-0.2, 0) is 4.79 Å².